The van der Waals surface area contributed by atoms with Crippen LogP contribution in [0.2, 0.25) is 5.02 Å². The first kappa shape index (κ1) is 11.6. The number of halogens is 2. The van der Waals surface area contributed by atoms with Gasteiger partial charge in [-0.25, -0.2) is 4.39 Å². The summed E-state index contributed by atoms with van der Waals surface area (Å²) in [5.41, 5.74) is 6.96. The molecule has 1 nitrogen and oxygen atoms in total. The fraction of sp³-hybridized carbons (Fsp3) is 0.167. The fourth-order valence-electron chi connectivity index (χ4n) is 1.57. The van der Waals surface area contributed by atoms with Gasteiger partial charge in [-0.2, -0.15) is 0 Å². The Labute approximate surface area is 103 Å². The first-order chi connectivity index (χ1) is 7.61. The lowest BCUT2D eigenvalue weighted by atomic mass is 10.0. The average molecular weight is 256 g/mol. The second kappa shape index (κ2) is 4.53. The van der Waals surface area contributed by atoms with E-state index in [9.17, 15) is 4.39 Å². The summed E-state index contributed by atoms with van der Waals surface area (Å²) in [6, 6.07) is 6.62. The van der Waals surface area contributed by atoms with Crippen molar-refractivity contribution >= 4 is 22.9 Å². The van der Waals surface area contributed by atoms with Crippen molar-refractivity contribution in [2.75, 3.05) is 0 Å². The highest BCUT2D eigenvalue weighted by atomic mass is 35.5. The summed E-state index contributed by atoms with van der Waals surface area (Å²) in [5, 5.41) is 2.29. The van der Waals surface area contributed by atoms with Crippen molar-refractivity contribution in [1.29, 1.82) is 0 Å². The van der Waals surface area contributed by atoms with Crippen LogP contribution in [0.15, 0.2) is 29.6 Å². The zero-order valence-electron chi connectivity index (χ0n) is 8.71. The highest BCUT2D eigenvalue weighted by Crippen LogP contribution is 2.32. The van der Waals surface area contributed by atoms with E-state index < -0.39 is 6.04 Å². The van der Waals surface area contributed by atoms with Gasteiger partial charge in [-0.05, 0) is 30.0 Å². The van der Waals surface area contributed by atoms with Crippen molar-refractivity contribution in [2.45, 2.75) is 13.0 Å². The molecule has 0 aliphatic carbocycles. The van der Waals surface area contributed by atoms with Gasteiger partial charge in [-0.15, -0.1) is 11.3 Å². The van der Waals surface area contributed by atoms with Crippen LogP contribution in [-0.2, 0) is 0 Å². The molecule has 1 aromatic heterocycles. The Balaban J connectivity index is 2.52. The summed E-state index contributed by atoms with van der Waals surface area (Å²) >= 11 is 7.50. The predicted molar refractivity (Wildman–Crippen MR) is 66.5 cm³/mol. The normalized spacial score (nSPS) is 12.8. The summed E-state index contributed by atoms with van der Waals surface area (Å²) < 4.78 is 13.9. The molecule has 2 N–H and O–H groups in total. The molecule has 0 radical (unpaired) electrons. The Morgan fingerprint density at radius 3 is 2.75 bits per heavy atom. The van der Waals surface area contributed by atoms with Gasteiger partial charge in [-0.3, -0.25) is 0 Å². The molecule has 0 aliphatic heterocycles. The zero-order valence-corrected chi connectivity index (χ0v) is 10.3. The molecule has 1 aromatic carbocycles. The van der Waals surface area contributed by atoms with Gasteiger partial charge < -0.3 is 5.73 Å². The molecule has 4 heteroatoms. The topological polar surface area (TPSA) is 26.0 Å². The quantitative estimate of drug-likeness (QED) is 0.866. The summed E-state index contributed by atoms with van der Waals surface area (Å²) in [6.45, 7) is 1.70. The standard InChI is InChI=1S/C12H11ClFNS/c1-7-4-5-8(13)10(11(7)14)12(15)9-3-2-6-16-9/h2-6,12H,15H2,1H3/t12-/m0/s1. The molecule has 0 spiro atoms. The van der Waals surface area contributed by atoms with Crippen LogP contribution < -0.4 is 5.73 Å². The monoisotopic (exact) mass is 255 g/mol. The van der Waals surface area contributed by atoms with Crippen LogP contribution >= 0.6 is 22.9 Å². The maximum absolute atomic E-state index is 13.9. The van der Waals surface area contributed by atoms with Gasteiger partial charge >= 0.3 is 0 Å². The molecule has 1 atom stereocenters. The minimum absolute atomic E-state index is 0.312. The number of rotatable bonds is 2. The summed E-state index contributed by atoms with van der Waals surface area (Å²) in [4.78, 5) is 0.909. The maximum atomic E-state index is 13.9. The molecule has 2 rings (SSSR count). The van der Waals surface area contributed by atoms with E-state index in [2.05, 4.69) is 0 Å². The Morgan fingerprint density at radius 2 is 2.12 bits per heavy atom. The minimum atomic E-state index is -0.493. The minimum Gasteiger partial charge on any atom is -0.319 e. The summed E-state index contributed by atoms with van der Waals surface area (Å²) in [6.07, 6.45) is 0. The van der Waals surface area contributed by atoms with E-state index in [-0.39, 0.29) is 5.82 Å². The third-order valence-corrected chi connectivity index (χ3v) is 3.77. The van der Waals surface area contributed by atoms with Crippen LogP contribution in [0.5, 0.6) is 0 Å². The maximum Gasteiger partial charge on any atom is 0.132 e. The SMILES string of the molecule is Cc1ccc(Cl)c([C@@H](N)c2cccs2)c1F. The number of benzene rings is 1. The number of nitrogens with two attached hydrogens (primary N) is 1. The highest BCUT2D eigenvalue weighted by molar-refractivity contribution is 7.10. The fourth-order valence-corrected chi connectivity index (χ4v) is 2.57. The van der Waals surface area contributed by atoms with Crippen molar-refractivity contribution in [3.05, 3.63) is 56.5 Å². The van der Waals surface area contributed by atoms with Gasteiger partial charge in [0.2, 0.25) is 0 Å². The van der Waals surface area contributed by atoms with Gasteiger partial charge in [0, 0.05) is 15.5 Å². The third kappa shape index (κ3) is 1.98. The number of thiophene rings is 1. The Morgan fingerprint density at radius 1 is 1.38 bits per heavy atom. The van der Waals surface area contributed by atoms with Crippen molar-refractivity contribution in [3.8, 4) is 0 Å². The van der Waals surface area contributed by atoms with E-state index in [0.29, 0.717) is 16.1 Å². The van der Waals surface area contributed by atoms with E-state index in [1.165, 1.54) is 11.3 Å². The van der Waals surface area contributed by atoms with E-state index in [1.807, 2.05) is 17.5 Å². The Hall–Kier alpha value is -0.900. The molecule has 0 amide bonds. The predicted octanol–water partition coefficient (Wildman–Crippen LogP) is 3.90. The van der Waals surface area contributed by atoms with Gasteiger partial charge in [-0.1, -0.05) is 23.7 Å². The van der Waals surface area contributed by atoms with E-state index in [1.54, 1.807) is 19.1 Å². The molecular formula is C12H11ClFNS. The average Bonchev–Trinajstić information content (AvgIpc) is 2.77. The molecule has 0 saturated carbocycles. The molecule has 16 heavy (non-hydrogen) atoms. The van der Waals surface area contributed by atoms with Crippen LogP contribution in [-0.4, -0.2) is 0 Å². The van der Waals surface area contributed by atoms with E-state index in [4.69, 9.17) is 17.3 Å². The number of aryl methyl sites for hydroxylation is 1. The zero-order chi connectivity index (χ0) is 11.7. The van der Waals surface area contributed by atoms with Crippen LogP contribution in [0, 0.1) is 12.7 Å². The van der Waals surface area contributed by atoms with Crippen molar-refractivity contribution in [1.82, 2.24) is 0 Å². The summed E-state index contributed by atoms with van der Waals surface area (Å²) in [5.74, 6) is -0.312. The molecule has 2 aromatic rings. The van der Waals surface area contributed by atoms with Crippen LogP contribution in [0.1, 0.15) is 22.0 Å². The van der Waals surface area contributed by atoms with Gasteiger partial charge in [0.1, 0.15) is 5.82 Å². The number of hydrogen-bond acceptors (Lipinski definition) is 2. The molecule has 0 saturated heterocycles. The lowest BCUT2D eigenvalue weighted by Crippen LogP contribution is -2.13. The van der Waals surface area contributed by atoms with Crippen LogP contribution in [0.25, 0.3) is 0 Å². The second-order valence-corrected chi connectivity index (χ2v) is 4.97. The largest absolute Gasteiger partial charge is 0.319 e. The first-order valence-electron chi connectivity index (χ1n) is 4.84. The molecule has 84 valence electrons. The molecule has 0 aliphatic rings. The van der Waals surface area contributed by atoms with Crippen molar-refractivity contribution < 1.29 is 4.39 Å². The molecular weight excluding hydrogens is 245 g/mol. The lowest BCUT2D eigenvalue weighted by molar-refractivity contribution is 0.592. The lowest BCUT2D eigenvalue weighted by Gasteiger charge is -2.14. The molecule has 1 heterocycles. The number of hydrogen-bond donors (Lipinski definition) is 1. The third-order valence-electron chi connectivity index (χ3n) is 2.48. The van der Waals surface area contributed by atoms with Gasteiger partial charge in [0.05, 0.1) is 6.04 Å². The van der Waals surface area contributed by atoms with Crippen LogP contribution in [0.3, 0.4) is 0 Å². The van der Waals surface area contributed by atoms with Crippen molar-refractivity contribution in [3.63, 3.8) is 0 Å². The van der Waals surface area contributed by atoms with Crippen molar-refractivity contribution in [2.24, 2.45) is 5.73 Å². The molecule has 0 fully saturated rings. The summed E-state index contributed by atoms with van der Waals surface area (Å²) in [7, 11) is 0. The highest BCUT2D eigenvalue weighted by Gasteiger charge is 2.19. The van der Waals surface area contributed by atoms with E-state index in [0.717, 1.165) is 4.88 Å². The Kier molecular flexibility index (Phi) is 3.28. The molecule has 0 bridgehead atoms. The van der Waals surface area contributed by atoms with E-state index >= 15 is 0 Å². The second-order valence-electron chi connectivity index (χ2n) is 3.59. The Bertz CT molecular complexity index is 496. The molecule has 0 unspecified atom stereocenters. The van der Waals surface area contributed by atoms with Crippen LogP contribution in [0.4, 0.5) is 4.39 Å². The first-order valence-corrected chi connectivity index (χ1v) is 6.10. The van der Waals surface area contributed by atoms with Gasteiger partial charge in [0.25, 0.3) is 0 Å². The smallest absolute Gasteiger partial charge is 0.132 e. The van der Waals surface area contributed by atoms with Gasteiger partial charge in [0.15, 0.2) is 0 Å².